The first-order valence-electron chi connectivity index (χ1n) is 9.31. The first-order chi connectivity index (χ1) is 15.1. The lowest BCUT2D eigenvalue weighted by atomic mass is 10.1. The maximum Gasteiger partial charge on any atom is 0.259 e. The van der Waals surface area contributed by atoms with E-state index in [0.29, 0.717) is 33.0 Å². The minimum absolute atomic E-state index is 0.233. The average molecular weight is 434 g/mol. The Kier molecular flexibility index (Phi) is 6.08. The fourth-order valence-electron chi connectivity index (χ4n) is 2.71. The van der Waals surface area contributed by atoms with Crippen LogP contribution in [-0.2, 0) is 0 Å². The van der Waals surface area contributed by atoms with Crippen molar-refractivity contribution in [3.8, 4) is 22.3 Å². The number of carbonyl (C=O) groups is 1. The number of anilines is 1. The highest BCUT2D eigenvalue weighted by molar-refractivity contribution is 7.18. The molecule has 0 aliphatic carbocycles. The smallest absolute Gasteiger partial charge is 0.259 e. The molecule has 10 heteroatoms. The summed E-state index contributed by atoms with van der Waals surface area (Å²) >= 11 is 1.21. The number of nitrogens with one attached hydrogen (secondary N) is 1. The molecule has 31 heavy (non-hydrogen) atoms. The topological polar surface area (TPSA) is 112 Å². The number of methoxy groups -OCH3 is 1. The zero-order valence-electron chi connectivity index (χ0n) is 16.7. The van der Waals surface area contributed by atoms with Crippen molar-refractivity contribution < 1.29 is 14.3 Å². The van der Waals surface area contributed by atoms with Gasteiger partial charge in [0.05, 0.1) is 12.7 Å². The zero-order chi connectivity index (χ0) is 21.6. The quantitative estimate of drug-likeness (QED) is 0.468. The molecule has 0 saturated carbocycles. The van der Waals surface area contributed by atoms with Crippen molar-refractivity contribution in [1.82, 2.24) is 25.1 Å². The summed E-state index contributed by atoms with van der Waals surface area (Å²) in [5.41, 5.74) is 1.93. The lowest BCUT2D eigenvalue weighted by Crippen LogP contribution is -2.13. The summed E-state index contributed by atoms with van der Waals surface area (Å²) in [6.45, 7) is 1.92. The van der Waals surface area contributed by atoms with Gasteiger partial charge in [-0.1, -0.05) is 41.7 Å². The molecule has 1 atom stereocenters. The van der Waals surface area contributed by atoms with Crippen molar-refractivity contribution in [1.29, 1.82) is 0 Å². The van der Waals surface area contributed by atoms with Crippen LogP contribution >= 0.6 is 11.3 Å². The molecule has 0 radical (unpaired) electrons. The Morgan fingerprint density at radius 3 is 2.71 bits per heavy atom. The maximum absolute atomic E-state index is 12.6. The third-order valence-corrected chi connectivity index (χ3v) is 5.17. The first kappa shape index (κ1) is 20.4. The van der Waals surface area contributed by atoms with Crippen LogP contribution in [0.15, 0.2) is 61.2 Å². The molecule has 1 amide bonds. The van der Waals surface area contributed by atoms with Crippen LogP contribution in [0.2, 0.25) is 0 Å². The number of hydrogen-bond acceptors (Lipinski definition) is 9. The summed E-state index contributed by atoms with van der Waals surface area (Å²) in [5.74, 6) is 0.269. The molecule has 0 spiro atoms. The van der Waals surface area contributed by atoms with E-state index in [9.17, 15) is 4.79 Å². The summed E-state index contributed by atoms with van der Waals surface area (Å²) in [7, 11) is 1.50. The number of benzene rings is 1. The van der Waals surface area contributed by atoms with E-state index in [1.807, 2.05) is 37.3 Å². The maximum atomic E-state index is 12.6. The first-order valence-corrected chi connectivity index (χ1v) is 10.1. The minimum Gasteiger partial charge on any atom is -0.491 e. The largest absolute Gasteiger partial charge is 0.491 e. The Labute approximate surface area is 182 Å². The Bertz CT molecular complexity index is 1170. The zero-order valence-corrected chi connectivity index (χ0v) is 17.5. The molecule has 4 rings (SSSR count). The number of rotatable bonds is 7. The van der Waals surface area contributed by atoms with Crippen LogP contribution in [0.1, 0.15) is 28.9 Å². The van der Waals surface area contributed by atoms with Crippen LogP contribution in [0.25, 0.3) is 10.7 Å². The highest BCUT2D eigenvalue weighted by Crippen LogP contribution is 2.30. The highest BCUT2D eigenvalue weighted by Gasteiger charge is 2.17. The van der Waals surface area contributed by atoms with E-state index in [0.717, 1.165) is 5.56 Å². The Balaban J connectivity index is 1.47. The normalized spacial score (nSPS) is 11.5. The second-order valence-electron chi connectivity index (χ2n) is 6.36. The lowest BCUT2D eigenvalue weighted by Gasteiger charge is -2.16. The molecule has 1 aromatic carbocycles. The van der Waals surface area contributed by atoms with Gasteiger partial charge in [0.2, 0.25) is 5.13 Å². The van der Waals surface area contributed by atoms with Crippen LogP contribution in [-0.4, -0.2) is 38.2 Å². The molecule has 4 aromatic rings. The van der Waals surface area contributed by atoms with E-state index in [1.165, 1.54) is 31.0 Å². The molecule has 0 saturated heterocycles. The van der Waals surface area contributed by atoms with Crippen molar-refractivity contribution in [3.63, 3.8) is 0 Å². The number of ether oxygens (including phenoxy) is 2. The van der Waals surface area contributed by atoms with Gasteiger partial charge in [-0.05, 0) is 18.6 Å². The number of carbonyl (C=O) groups excluding carboxylic acids is 1. The fourth-order valence-corrected chi connectivity index (χ4v) is 3.43. The molecule has 3 aromatic heterocycles. The fraction of sp³-hybridized carbons (Fsp3) is 0.143. The predicted octanol–water partition coefficient (Wildman–Crippen LogP) is 3.79. The van der Waals surface area contributed by atoms with Gasteiger partial charge in [-0.25, -0.2) is 15.0 Å². The molecular formula is C21H18N6O3S. The molecule has 156 valence electrons. The van der Waals surface area contributed by atoms with Gasteiger partial charge in [0.15, 0.2) is 10.8 Å². The minimum atomic E-state index is -0.390. The highest BCUT2D eigenvalue weighted by atomic mass is 32.1. The third-order valence-electron chi connectivity index (χ3n) is 4.30. The van der Waals surface area contributed by atoms with Crippen molar-refractivity contribution in [2.24, 2.45) is 0 Å². The number of hydrogen-bond donors (Lipinski definition) is 1. The summed E-state index contributed by atoms with van der Waals surface area (Å²) in [6, 6.07) is 13.1. The van der Waals surface area contributed by atoms with E-state index in [1.54, 1.807) is 18.3 Å². The van der Waals surface area contributed by atoms with Crippen molar-refractivity contribution in [2.45, 2.75) is 13.0 Å². The monoisotopic (exact) mass is 434 g/mol. The predicted molar refractivity (Wildman–Crippen MR) is 115 cm³/mol. The molecule has 0 unspecified atom stereocenters. The molecular weight excluding hydrogens is 416 g/mol. The lowest BCUT2D eigenvalue weighted by molar-refractivity contribution is 0.102. The Morgan fingerprint density at radius 1 is 1.13 bits per heavy atom. The van der Waals surface area contributed by atoms with Crippen molar-refractivity contribution in [3.05, 3.63) is 72.3 Å². The van der Waals surface area contributed by atoms with Crippen LogP contribution in [0.5, 0.6) is 11.6 Å². The molecule has 0 fully saturated rings. The summed E-state index contributed by atoms with van der Waals surface area (Å²) in [6.07, 6.45) is 4.23. The van der Waals surface area contributed by atoms with E-state index in [4.69, 9.17) is 9.47 Å². The van der Waals surface area contributed by atoms with Crippen LogP contribution < -0.4 is 14.8 Å². The summed E-state index contributed by atoms with van der Waals surface area (Å²) < 4.78 is 11.3. The Hall–Kier alpha value is -3.92. The molecule has 0 bridgehead atoms. The second-order valence-corrected chi connectivity index (χ2v) is 7.34. The van der Waals surface area contributed by atoms with Crippen molar-refractivity contribution in [2.75, 3.05) is 12.4 Å². The summed E-state index contributed by atoms with van der Waals surface area (Å²) in [5, 5.41) is 11.7. The van der Waals surface area contributed by atoms with E-state index < -0.39 is 0 Å². The van der Waals surface area contributed by atoms with Gasteiger partial charge in [0.25, 0.3) is 11.8 Å². The molecule has 3 heterocycles. The van der Waals surface area contributed by atoms with Gasteiger partial charge < -0.3 is 9.47 Å². The van der Waals surface area contributed by atoms with Crippen LogP contribution in [0.3, 0.4) is 0 Å². The standard InChI is InChI=1S/C21H18N6O3S/c1-13(14-6-4-3-5-7-14)30-19-17(29-2)10-15(11-23-19)18(28)25-21-27-26-20(31-21)16-8-9-22-12-24-16/h3-13H,1-2H3,(H,25,27,28)/t13-/m0/s1. The van der Waals surface area contributed by atoms with Gasteiger partial charge in [0.1, 0.15) is 18.1 Å². The van der Waals surface area contributed by atoms with Crippen molar-refractivity contribution >= 4 is 22.4 Å². The third kappa shape index (κ3) is 4.81. The number of aromatic nitrogens is 5. The van der Waals surface area contributed by atoms with Gasteiger partial charge in [-0.2, -0.15) is 0 Å². The SMILES string of the molecule is COc1cc(C(=O)Nc2nnc(-c3ccncn3)s2)cnc1O[C@@H](C)c1ccccc1. The summed E-state index contributed by atoms with van der Waals surface area (Å²) in [4.78, 5) is 24.9. The van der Waals surface area contributed by atoms with E-state index >= 15 is 0 Å². The second kappa shape index (κ2) is 9.26. The van der Waals surface area contributed by atoms with Crippen LogP contribution in [0, 0.1) is 0 Å². The molecule has 1 N–H and O–H groups in total. The molecule has 0 aliphatic heterocycles. The Morgan fingerprint density at radius 2 is 1.97 bits per heavy atom. The number of nitrogens with zero attached hydrogens (tertiary/aromatic N) is 5. The van der Waals surface area contributed by atoms with Gasteiger partial charge in [-0.15, -0.1) is 10.2 Å². The van der Waals surface area contributed by atoms with E-state index in [-0.39, 0.29) is 12.0 Å². The van der Waals surface area contributed by atoms with E-state index in [2.05, 4.69) is 30.5 Å². The number of pyridine rings is 1. The molecule has 9 nitrogen and oxygen atoms in total. The van der Waals surface area contributed by atoms with Gasteiger partial charge in [0, 0.05) is 18.5 Å². The van der Waals surface area contributed by atoms with Gasteiger partial charge >= 0.3 is 0 Å². The average Bonchev–Trinajstić information content (AvgIpc) is 3.29. The number of amides is 1. The molecule has 0 aliphatic rings. The van der Waals surface area contributed by atoms with Crippen LogP contribution in [0.4, 0.5) is 5.13 Å². The van der Waals surface area contributed by atoms with Gasteiger partial charge in [-0.3, -0.25) is 10.1 Å².